The molecular formula is C19H15F3O3S2. The molecule has 0 spiro atoms. The largest absolute Gasteiger partial charge is 0.741 e. The maximum Gasteiger partial charge on any atom is 0.485 e. The summed E-state index contributed by atoms with van der Waals surface area (Å²) in [4.78, 5) is 4.08. The molecule has 0 saturated heterocycles. The Hall–Kier alpha value is -2.29. The number of hydrogen-bond donors (Lipinski definition) is 0. The second kappa shape index (κ2) is 9.07. The Morgan fingerprint density at radius 3 is 1.04 bits per heavy atom. The predicted molar refractivity (Wildman–Crippen MR) is 97.2 cm³/mol. The van der Waals surface area contributed by atoms with E-state index in [1.54, 1.807) is 0 Å². The molecule has 3 rings (SSSR count). The molecule has 0 N–H and O–H groups in total. The van der Waals surface area contributed by atoms with Gasteiger partial charge in [0.05, 0.1) is 10.9 Å². The standard InChI is InChI=1S/C18H15S.CHF3O3S/c1-4-10-16(11-5-1)19(17-12-6-2-7-13-17)18-14-8-3-9-15-18;2-1(3,4)8(5,6)7/h1-15H;(H,5,6,7)/q+1;/p-1. The van der Waals surface area contributed by atoms with E-state index in [1.165, 1.54) is 14.7 Å². The highest BCUT2D eigenvalue weighted by atomic mass is 32.2. The van der Waals surface area contributed by atoms with E-state index in [4.69, 9.17) is 13.0 Å². The molecule has 0 atom stereocenters. The number of benzene rings is 3. The highest BCUT2D eigenvalue weighted by Crippen LogP contribution is 2.30. The maximum atomic E-state index is 10.7. The number of rotatable bonds is 3. The quantitative estimate of drug-likeness (QED) is 0.352. The fraction of sp³-hybridized carbons (Fsp3) is 0.0526. The first-order chi connectivity index (χ1) is 12.7. The Morgan fingerprint density at radius 1 is 0.630 bits per heavy atom. The van der Waals surface area contributed by atoms with Crippen LogP contribution >= 0.6 is 0 Å². The van der Waals surface area contributed by atoms with Crippen molar-refractivity contribution in [3.8, 4) is 0 Å². The smallest absolute Gasteiger partial charge is 0.485 e. The predicted octanol–water partition coefficient (Wildman–Crippen LogP) is 4.83. The average molecular weight is 412 g/mol. The first kappa shape index (κ1) is 21.0. The van der Waals surface area contributed by atoms with Gasteiger partial charge in [-0.25, -0.2) is 8.42 Å². The van der Waals surface area contributed by atoms with Crippen molar-refractivity contribution in [3.63, 3.8) is 0 Å². The van der Waals surface area contributed by atoms with Gasteiger partial charge in [0.2, 0.25) is 0 Å². The Bertz CT molecular complexity index is 836. The van der Waals surface area contributed by atoms with Crippen molar-refractivity contribution in [2.45, 2.75) is 20.2 Å². The van der Waals surface area contributed by atoms with Gasteiger partial charge in [0.1, 0.15) is 0 Å². The van der Waals surface area contributed by atoms with Gasteiger partial charge in [0.25, 0.3) is 0 Å². The Labute approximate surface area is 158 Å². The molecule has 8 heteroatoms. The van der Waals surface area contributed by atoms with Crippen molar-refractivity contribution in [1.82, 2.24) is 0 Å². The van der Waals surface area contributed by atoms with Gasteiger partial charge >= 0.3 is 5.51 Å². The minimum atomic E-state index is -6.09. The molecule has 0 aliphatic rings. The molecule has 3 aromatic carbocycles. The van der Waals surface area contributed by atoms with Crippen LogP contribution in [0.5, 0.6) is 0 Å². The molecule has 3 nitrogen and oxygen atoms in total. The van der Waals surface area contributed by atoms with E-state index < -0.39 is 15.6 Å². The molecule has 0 radical (unpaired) electrons. The Balaban J connectivity index is 0.000000279. The molecule has 0 bridgehead atoms. The zero-order valence-electron chi connectivity index (χ0n) is 13.8. The van der Waals surface area contributed by atoms with Crippen LogP contribution in [0.25, 0.3) is 0 Å². The van der Waals surface area contributed by atoms with E-state index in [0.29, 0.717) is 0 Å². The highest BCUT2D eigenvalue weighted by molar-refractivity contribution is 7.97. The summed E-state index contributed by atoms with van der Waals surface area (Å²) in [6.45, 7) is 0. The molecule has 0 aliphatic carbocycles. The lowest BCUT2D eigenvalue weighted by atomic mass is 10.4. The summed E-state index contributed by atoms with van der Waals surface area (Å²) in [5.74, 6) is 0. The monoisotopic (exact) mass is 412 g/mol. The third-order valence-corrected chi connectivity index (χ3v) is 6.02. The summed E-state index contributed by atoms with van der Waals surface area (Å²) in [5.41, 5.74) is -5.65. The van der Waals surface area contributed by atoms with Crippen molar-refractivity contribution in [1.29, 1.82) is 0 Å². The summed E-state index contributed by atoms with van der Waals surface area (Å²) >= 11 is 0. The SMILES string of the molecule is O=S(=O)([O-])C(F)(F)F.c1ccc([S+](c2ccccc2)c2ccccc2)cc1. The van der Waals surface area contributed by atoms with Gasteiger partial charge in [-0.3, -0.25) is 0 Å². The van der Waals surface area contributed by atoms with Crippen LogP contribution in [0.4, 0.5) is 13.2 Å². The van der Waals surface area contributed by atoms with Gasteiger partial charge in [-0.2, -0.15) is 13.2 Å². The van der Waals surface area contributed by atoms with Crippen LogP contribution in [-0.2, 0) is 21.0 Å². The van der Waals surface area contributed by atoms with Crippen molar-refractivity contribution >= 4 is 21.0 Å². The molecule has 0 aliphatic heterocycles. The summed E-state index contributed by atoms with van der Waals surface area (Å²) in [6, 6.07) is 32.2. The number of alkyl halides is 3. The van der Waals surface area contributed by atoms with E-state index in [2.05, 4.69) is 91.0 Å². The van der Waals surface area contributed by atoms with Crippen molar-refractivity contribution < 1.29 is 26.1 Å². The lowest BCUT2D eigenvalue weighted by Crippen LogP contribution is -2.21. The zero-order valence-corrected chi connectivity index (χ0v) is 15.5. The van der Waals surface area contributed by atoms with Crippen LogP contribution < -0.4 is 0 Å². The van der Waals surface area contributed by atoms with Gasteiger partial charge in [0.15, 0.2) is 24.8 Å². The number of halogens is 3. The summed E-state index contributed by atoms with van der Waals surface area (Å²) in [5, 5.41) is 0. The molecule has 0 amide bonds. The maximum absolute atomic E-state index is 10.7. The van der Waals surface area contributed by atoms with Gasteiger partial charge in [-0.05, 0) is 36.4 Å². The highest BCUT2D eigenvalue weighted by Gasteiger charge is 2.36. The second-order valence-electron chi connectivity index (χ2n) is 5.15. The third kappa shape index (κ3) is 6.13. The van der Waals surface area contributed by atoms with Crippen LogP contribution in [0.3, 0.4) is 0 Å². The Morgan fingerprint density at radius 2 is 0.852 bits per heavy atom. The lowest BCUT2D eigenvalue weighted by molar-refractivity contribution is -0.0517. The first-order valence-corrected chi connectivity index (χ1v) is 10.2. The molecular weight excluding hydrogens is 397 g/mol. The molecule has 0 fully saturated rings. The average Bonchev–Trinajstić information content (AvgIpc) is 2.64. The van der Waals surface area contributed by atoms with Crippen molar-refractivity contribution in [2.75, 3.05) is 0 Å². The minimum absolute atomic E-state index is 0.0146. The number of hydrogen-bond acceptors (Lipinski definition) is 3. The van der Waals surface area contributed by atoms with Crippen LogP contribution in [0.1, 0.15) is 0 Å². The van der Waals surface area contributed by atoms with Gasteiger partial charge in [-0.15, -0.1) is 0 Å². The van der Waals surface area contributed by atoms with Gasteiger partial charge < -0.3 is 4.55 Å². The van der Waals surface area contributed by atoms with Crippen LogP contribution in [0, 0.1) is 0 Å². The first-order valence-electron chi connectivity index (χ1n) is 7.62. The molecule has 0 unspecified atom stereocenters. The van der Waals surface area contributed by atoms with Crippen molar-refractivity contribution in [3.05, 3.63) is 91.0 Å². The van der Waals surface area contributed by atoms with E-state index in [1.807, 2.05) is 0 Å². The Kier molecular flexibility index (Phi) is 7.06. The van der Waals surface area contributed by atoms with E-state index in [9.17, 15) is 13.2 Å². The summed E-state index contributed by atoms with van der Waals surface area (Å²) in [7, 11) is -6.10. The fourth-order valence-electron chi connectivity index (χ4n) is 2.08. The zero-order chi connectivity index (χ0) is 19.9. The molecule has 27 heavy (non-hydrogen) atoms. The molecule has 142 valence electrons. The third-order valence-electron chi connectivity index (χ3n) is 3.22. The topological polar surface area (TPSA) is 57.2 Å². The van der Waals surface area contributed by atoms with Crippen LogP contribution in [0.15, 0.2) is 106 Å². The fourth-order valence-corrected chi connectivity index (χ4v) is 4.18. The lowest BCUT2D eigenvalue weighted by Gasteiger charge is -2.08. The second-order valence-corrected chi connectivity index (χ2v) is 8.54. The summed E-state index contributed by atoms with van der Waals surface area (Å²) < 4.78 is 58.9. The molecule has 0 heterocycles. The van der Waals surface area contributed by atoms with Crippen LogP contribution in [-0.4, -0.2) is 18.5 Å². The molecule has 0 aromatic heterocycles. The van der Waals surface area contributed by atoms with Crippen LogP contribution in [0.2, 0.25) is 0 Å². The molecule has 3 aromatic rings. The summed E-state index contributed by atoms with van der Waals surface area (Å²) in [6.07, 6.45) is 0. The van der Waals surface area contributed by atoms with E-state index in [-0.39, 0.29) is 10.9 Å². The minimum Gasteiger partial charge on any atom is -0.741 e. The van der Waals surface area contributed by atoms with Gasteiger partial charge in [-0.1, -0.05) is 54.6 Å². The van der Waals surface area contributed by atoms with Gasteiger partial charge in [0, 0.05) is 0 Å². The van der Waals surface area contributed by atoms with E-state index >= 15 is 0 Å². The normalized spacial score (nSPS) is 11.6. The van der Waals surface area contributed by atoms with Crippen molar-refractivity contribution in [2.24, 2.45) is 0 Å². The van der Waals surface area contributed by atoms with E-state index in [0.717, 1.165) is 0 Å². The molecule has 0 saturated carbocycles.